The molecule has 1 aromatic rings. The average Bonchev–Trinajstić information content (AvgIpc) is 3.02. The summed E-state index contributed by atoms with van der Waals surface area (Å²) in [5, 5.41) is 3.40. The first-order chi connectivity index (χ1) is 7.25. The Hall–Kier alpha value is -0.890. The minimum Gasteiger partial charge on any atom is -0.313 e. The molecule has 1 fully saturated rings. The molecule has 0 atom stereocenters. The topological polar surface area (TPSA) is 12.0 Å². The lowest BCUT2D eigenvalue weighted by Gasteiger charge is -2.05. The van der Waals surface area contributed by atoms with E-state index >= 15 is 0 Å². The third-order valence-electron chi connectivity index (χ3n) is 2.98. The summed E-state index contributed by atoms with van der Waals surface area (Å²) < 4.78 is 13.0. The molecule has 1 nitrogen and oxygen atoms in total. The minimum absolute atomic E-state index is 0.114. The van der Waals surface area contributed by atoms with Crippen molar-refractivity contribution in [3.8, 4) is 0 Å². The van der Waals surface area contributed by atoms with E-state index in [1.54, 1.807) is 6.07 Å². The van der Waals surface area contributed by atoms with Crippen LogP contribution in [0.2, 0.25) is 0 Å². The number of hydrogen-bond donors (Lipinski definition) is 1. The van der Waals surface area contributed by atoms with Gasteiger partial charge >= 0.3 is 0 Å². The fourth-order valence-electron chi connectivity index (χ4n) is 1.76. The molecule has 1 N–H and O–H groups in total. The highest BCUT2D eigenvalue weighted by molar-refractivity contribution is 5.23. The highest BCUT2D eigenvalue weighted by Gasteiger charge is 2.19. The third kappa shape index (κ3) is 3.31. The molecule has 2 rings (SSSR count). The molecule has 1 aliphatic rings. The number of nitrogens with one attached hydrogen (secondary N) is 1. The van der Waals surface area contributed by atoms with Crippen molar-refractivity contribution in [2.75, 3.05) is 6.54 Å². The van der Waals surface area contributed by atoms with Gasteiger partial charge in [0.25, 0.3) is 0 Å². The zero-order chi connectivity index (χ0) is 10.7. The van der Waals surface area contributed by atoms with Gasteiger partial charge in [-0.2, -0.15) is 0 Å². The van der Waals surface area contributed by atoms with Gasteiger partial charge < -0.3 is 5.32 Å². The Balaban J connectivity index is 1.74. The quantitative estimate of drug-likeness (QED) is 0.732. The highest BCUT2D eigenvalue weighted by Crippen LogP contribution is 2.31. The van der Waals surface area contributed by atoms with E-state index < -0.39 is 0 Å². The summed E-state index contributed by atoms with van der Waals surface area (Å²) in [5.41, 5.74) is 1.90. The fourth-order valence-corrected chi connectivity index (χ4v) is 1.76. The van der Waals surface area contributed by atoms with Crippen LogP contribution in [0.5, 0.6) is 0 Å². The summed E-state index contributed by atoms with van der Waals surface area (Å²) >= 11 is 0. The van der Waals surface area contributed by atoms with E-state index in [1.807, 2.05) is 19.1 Å². The van der Waals surface area contributed by atoms with Crippen LogP contribution >= 0.6 is 0 Å². The standard InChI is InChI=1S/C13H18FN/c1-10-8-12(4-5-13(10)14)9-15-7-6-11-2-3-11/h4-5,8,11,15H,2-3,6-7,9H2,1H3. The molecular weight excluding hydrogens is 189 g/mol. The van der Waals surface area contributed by atoms with E-state index in [0.717, 1.165) is 24.6 Å². The van der Waals surface area contributed by atoms with Gasteiger partial charge in [0.15, 0.2) is 0 Å². The molecule has 0 radical (unpaired) electrons. The van der Waals surface area contributed by atoms with Crippen LogP contribution in [0.3, 0.4) is 0 Å². The van der Waals surface area contributed by atoms with Crippen LogP contribution < -0.4 is 5.32 Å². The van der Waals surface area contributed by atoms with Gasteiger partial charge in [-0.05, 0) is 43.0 Å². The van der Waals surface area contributed by atoms with E-state index in [-0.39, 0.29) is 5.82 Å². The van der Waals surface area contributed by atoms with E-state index in [0.29, 0.717) is 0 Å². The summed E-state index contributed by atoms with van der Waals surface area (Å²) in [7, 11) is 0. The molecular formula is C13H18FN. The van der Waals surface area contributed by atoms with Crippen molar-refractivity contribution in [1.82, 2.24) is 5.32 Å². The first-order valence-electron chi connectivity index (χ1n) is 5.71. The van der Waals surface area contributed by atoms with E-state index in [9.17, 15) is 4.39 Å². The maximum atomic E-state index is 13.0. The Morgan fingerprint density at radius 2 is 2.20 bits per heavy atom. The highest BCUT2D eigenvalue weighted by atomic mass is 19.1. The molecule has 0 unspecified atom stereocenters. The number of aryl methyl sites for hydroxylation is 1. The summed E-state index contributed by atoms with van der Waals surface area (Å²) in [5.74, 6) is 0.865. The van der Waals surface area contributed by atoms with Gasteiger partial charge in [0.2, 0.25) is 0 Å². The number of halogens is 1. The summed E-state index contributed by atoms with van der Waals surface area (Å²) in [6.07, 6.45) is 4.12. The first-order valence-corrected chi connectivity index (χ1v) is 5.71. The smallest absolute Gasteiger partial charge is 0.126 e. The lowest BCUT2D eigenvalue weighted by Crippen LogP contribution is -2.15. The molecule has 82 valence electrons. The minimum atomic E-state index is -0.114. The van der Waals surface area contributed by atoms with Crippen LogP contribution in [0.4, 0.5) is 4.39 Å². The Bertz CT molecular complexity index is 331. The van der Waals surface area contributed by atoms with Crippen molar-refractivity contribution in [1.29, 1.82) is 0 Å². The third-order valence-corrected chi connectivity index (χ3v) is 2.98. The Morgan fingerprint density at radius 3 is 2.87 bits per heavy atom. The molecule has 0 aliphatic heterocycles. The molecule has 2 heteroatoms. The molecule has 0 bridgehead atoms. The average molecular weight is 207 g/mol. The number of rotatable bonds is 5. The first kappa shape index (κ1) is 10.6. The van der Waals surface area contributed by atoms with E-state index in [4.69, 9.17) is 0 Å². The maximum absolute atomic E-state index is 13.0. The van der Waals surface area contributed by atoms with Crippen molar-refractivity contribution in [3.05, 3.63) is 35.1 Å². The van der Waals surface area contributed by atoms with Crippen molar-refractivity contribution in [3.63, 3.8) is 0 Å². The molecule has 0 spiro atoms. The van der Waals surface area contributed by atoms with Gasteiger partial charge in [0, 0.05) is 6.54 Å². The van der Waals surface area contributed by atoms with Gasteiger partial charge in [-0.1, -0.05) is 25.0 Å². The second-order valence-electron chi connectivity index (χ2n) is 4.49. The maximum Gasteiger partial charge on any atom is 0.126 e. The van der Waals surface area contributed by atoms with Crippen molar-refractivity contribution < 1.29 is 4.39 Å². The predicted molar refractivity (Wildman–Crippen MR) is 60.2 cm³/mol. The summed E-state index contributed by atoms with van der Waals surface area (Å²) in [4.78, 5) is 0. The van der Waals surface area contributed by atoms with Crippen LogP contribution in [0.1, 0.15) is 30.4 Å². The lowest BCUT2D eigenvalue weighted by molar-refractivity contribution is 0.604. The van der Waals surface area contributed by atoms with Gasteiger partial charge in [-0.3, -0.25) is 0 Å². The van der Waals surface area contributed by atoms with Gasteiger partial charge in [0.1, 0.15) is 5.82 Å². The van der Waals surface area contributed by atoms with Gasteiger partial charge in [-0.15, -0.1) is 0 Å². The summed E-state index contributed by atoms with van der Waals surface area (Å²) in [6, 6.07) is 5.32. The Morgan fingerprint density at radius 1 is 1.40 bits per heavy atom. The molecule has 15 heavy (non-hydrogen) atoms. The van der Waals surface area contributed by atoms with Crippen LogP contribution in [0, 0.1) is 18.7 Å². The molecule has 0 saturated heterocycles. The molecule has 0 heterocycles. The van der Waals surface area contributed by atoms with Crippen molar-refractivity contribution in [2.24, 2.45) is 5.92 Å². The van der Waals surface area contributed by atoms with Crippen LogP contribution in [-0.4, -0.2) is 6.54 Å². The van der Waals surface area contributed by atoms with E-state index in [1.165, 1.54) is 24.8 Å². The normalized spacial score (nSPS) is 15.6. The number of benzene rings is 1. The summed E-state index contributed by atoms with van der Waals surface area (Å²) in [6.45, 7) is 3.75. The largest absolute Gasteiger partial charge is 0.313 e. The van der Waals surface area contributed by atoms with Crippen LogP contribution in [0.15, 0.2) is 18.2 Å². The SMILES string of the molecule is Cc1cc(CNCCC2CC2)ccc1F. The number of hydrogen-bond acceptors (Lipinski definition) is 1. The van der Waals surface area contributed by atoms with Crippen molar-refractivity contribution >= 4 is 0 Å². The molecule has 0 amide bonds. The zero-order valence-electron chi connectivity index (χ0n) is 9.22. The van der Waals surface area contributed by atoms with Crippen LogP contribution in [0.25, 0.3) is 0 Å². The second kappa shape index (κ2) is 4.75. The van der Waals surface area contributed by atoms with E-state index in [2.05, 4.69) is 5.32 Å². The Kier molecular flexibility index (Phi) is 3.37. The Labute approximate surface area is 90.7 Å². The second-order valence-corrected chi connectivity index (χ2v) is 4.49. The molecule has 1 saturated carbocycles. The molecule has 1 aliphatic carbocycles. The van der Waals surface area contributed by atoms with Crippen molar-refractivity contribution in [2.45, 2.75) is 32.7 Å². The van der Waals surface area contributed by atoms with Crippen LogP contribution in [-0.2, 0) is 6.54 Å². The predicted octanol–water partition coefficient (Wildman–Crippen LogP) is 3.02. The lowest BCUT2D eigenvalue weighted by atomic mass is 10.1. The van der Waals surface area contributed by atoms with Gasteiger partial charge in [-0.25, -0.2) is 4.39 Å². The zero-order valence-corrected chi connectivity index (χ0v) is 9.22. The fraction of sp³-hybridized carbons (Fsp3) is 0.538. The molecule has 1 aromatic carbocycles. The van der Waals surface area contributed by atoms with Gasteiger partial charge in [0.05, 0.1) is 0 Å². The molecule has 0 aromatic heterocycles. The monoisotopic (exact) mass is 207 g/mol.